The van der Waals surface area contributed by atoms with Crippen molar-refractivity contribution in [3.05, 3.63) is 117 Å². The van der Waals surface area contributed by atoms with E-state index in [9.17, 15) is 4.79 Å². The Labute approximate surface area is 207 Å². The minimum absolute atomic E-state index is 0.0433. The second kappa shape index (κ2) is 8.47. The number of ketones is 1. The van der Waals surface area contributed by atoms with Crippen molar-refractivity contribution in [2.75, 3.05) is 6.61 Å². The van der Waals surface area contributed by atoms with Crippen LogP contribution in [0.5, 0.6) is 0 Å². The Bertz CT molecular complexity index is 1080. The third-order valence-electron chi connectivity index (χ3n) is 6.24. The first-order valence-electron chi connectivity index (χ1n) is 11.0. The van der Waals surface area contributed by atoms with Crippen LogP contribution in [0.3, 0.4) is 0 Å². The first-order valence-corrected chi connectivity index (χ1v) is 12.1. The summed E-state index contributed by atoms with van der Waals surface area (Å²) in [6.07, 6.45) is 1.35. The average molecular weight is 552 g/mol. The number of carbonyl (C=O) groups excluding carboxylic acids is 1. The van der Waals surface area contributed by atoms with E-state index in [0.717, 1.165) is 16.7 Å². The second-order valence-electron chi connectivity index (χ2n) is 8.84. The highest BCUT2D eigenvalue weighted by Gasteiger charge is 2.62. The van der Waals surface area contributed by atoms with Gasteiger partial charge < -0.3 is 14.2 Å². The van der Waals surface area contributed by atoms with E-state index < -0.39 is 23.1 Å². The normalized spacial score (nSPS) is 23.9. The standard InChI is InChI=1S/C28H25IO4/c1-26(2)32-24-18-23(29)25(30)27(24,33-26)19-31-28(20-12-6-3-7-13-20,21-14-8-4-9-15-21)22-16-10-5-11-17-22/h3-18,24H,19H2,1-2H3/t24-,27-/m0/s1. The molecule has 3 aromatic carbocycles. The van der Waals surface area contributed by atoms with Crippen LogP contribution < -0.4 is 0 Å². The molecule has 0 radical (unpaired) electrons. The van der Waals surface area contributed by atoms with Gasteiger partial charge in [-0.2, -0.15) is 0 Å². The van der Waals surface area contributed by atoms with Gasteiger partial charge in [0.15, 0.2) is 11.4 Å². The van der Waals surface area contributed by atoms with Crippen LogP contribution in [0.1, 0.15) is 30.5 Å². The number of fused-ring (bicyclic) bond motifs is 1. The van der Waals surface area contributed by atoms with Crippen LogP contribution >= 0.6 is 22.6 Å². The third-order valence-corrected chi connectivity index (χ3v) is 7.09. The van der Waals surface area contributed by atoms with Gasteiger partial charge in [0.05, 0.1) is 10.2 Å². The minimum Gasteiger partial charge on any atom is -0.357 e. The van der Waals surface area contributed by atoms with Gasteiger partial charge >= 0.3 is 0 Å². The number of ether oxygens (including phenoxy) is 3. The number of hydrogen-bond donors (Lipinski definition) is 0. The van der Waals surface area contributed by atoms with Crippen LogP contribution in [0.4, 0.5) is 0 Å². The first-order chi connectivity index (χ1) is 15.9. The number of halogens is 1. The number of hydrogen-bond acceptors (Lipinski definition) is 4. The Morgan fingerprint density at radius 1 is 0.848 bits per heavy atom. The number of Topliss-reactive ketones (excluding diaryl/α,β-unsaturated/α-hetero) is 1. The molecule has 5 heteroatoms. The number of rotatable bonds is 6. The molecular formula is C28H25IO4. The summed E-state index contributed by atoms with van der Waals surface area (Å²) in [7, 11) is 0. The third kappa shape index (κ3) is 3.77. The molecule has 5 rings (SSSR count). The predicted molar refractivity (Wildman–Crippen MR) is 135 cm³/mol. The van der Waals surface area contributed by atoms with Crippen molar-refractivity contribution in [2.24, 2.45) is 0 Å². The van der Waals surface area contributed by atoms with Gasteiger partial charge in [0.25, 0.3) is 0 Å². The SMILES string of the molecule is CC1(C)O[C@H]2C=C(I)C(=O)[C@@]2(COC(c2ccccc2)(c2ccccc2)c2ccccc2)O1. The zero-order valence-electron chi connectivity index (χ0n) is 18.5. The molecular weight excluding hydrogens is 527 g/mol. The van der Waals surface area contributed by atoms with Gasteiger partial charge in [-0.25, -0.2) is 0 Å². The zero-order valence-corrected chi connectivity index (χ0v) is 20.7. The van der Waals surface area contributed by atoms with Crippen LogP contribution in [-0.2, 0) is 24.6 Å². The Morgan fingerprint density at radius 2 is 1.30 bits per heavy atom. The van der Waals surface area contributed by atoms with Crippen molar-refractivity contribution >= 4 is 28.4 Å². The highest BCUT2D eigenvalue weighted by molar-refractivity contribution is 14.1. The predicted octanol–water partition coefficient (Wildman–Crippen LogP) is 5.79. The lowest BCUT2D eigenvalue weighted by Crippen LogP contribution is -2.50. The average Bonchev–Trinajstić information content (AvgIpc) is 3.22. The summed E-state index contributed by atoms with van der Waals surface area (Å²) in [6.45, 7) is 3.71. The Kier molecular flexibility index (Phi) is 5.77. The number of carbonyl (C=O) groups is 1. The molecule has 33 heavy (non-hydrogen) atoms. The summed E-state index contributed by atoms with van der Waals surface area (Å²) in [6, 6.07) is 30.3. The van der Waals surface area contributed by atoms with Gasteiger partial charge in [0, 0.05) is 0 Å². The molecule has 0 saturated carbocycles. The van der Waals surface area contributed by atoms with Crippen LogP contribution in [0.2, 0.25) is 0 Å². The first kappa shape index (κ1) is 22.5. The number of benzene rings is 3. The summed E-state index contributed by atoms with van der Waals surface area (Å²) in [5.74, 6) is -0.978. The van der Waals surface area contributed by atoms with Crippen molar-refractivity contribution in [3.63, 3.8) is 0 Å². The topological polar surface area (TPSA) is 44.8 Å². The Hall–Kier alpha value is -2.32. The molecule has 0 amide bonds. The van der Waals surface area contributed by atoms with Crippen molar-refractivity contribution < 1.29 is 19.0 Å². The molecule has 1 saturated heterocycles. The lowest BCUT2D eigenvalue weighted by molar-refractivity contribution is -0.185. The van der Waals surface area contributed by atoms with Crippen LogP contribution in [0.15, 0.2) is 101 Å². The summed E-state index contributed by atoms with van der Waals surface area (Å²) in [4.78, 5) is 13.4. The fourth-order valence-electron chi connectivity index (χ4n) is 4.84. The van der Waals surface area contributed by atoms with Gasteiger partial charge in [-0.3, -0.25) is 4.79 Å². The van der Waals surface area contributed by atoms with Gasteiger partial charge in [0.1, 0.15) is 11.7 Å². The summed E-state index contributed by atoms with van der Waals surface area (Å²) >= 11 is 2.06. The fourth-order valence-corrected chi connectivity index (χ4v) is 5.62. The second-order valence-corrected chi connectivity index (χ2v) is 10.0. The van der Waals surface area contributed by atoms with E-state index in [1.165, 1.54) is 0 Å². The van der Waals surface area contributed by atoms with Gasteiger partial charge in [0.2, 0.25) is 5.78 Å². The van der Waals surface area contributed by atoms with E-state index >= 15 is 0 Å². The fraction of sp³-hybridized carbons (Fsp3) is 0.250. The molecule has 1 fully saturated rings. The maximum Gasteiger partial charge on any atom is 0.206 e. The molecule has 4 nitrogen and oxygen atoms in total. The van der Waals surface area contributed by atoms with E-state index in [-0.39, 0.29) is 12.4 Å². The highest BCUT2D eigenvalue weighted by atomic mass is 127. The molecule has 3 aromatic rings. The zero-order chi connectivity index (χ0) is 23.1. The molecule has 1 aliphatic carbocycles. The maximum atomic E-state index is 13.4. The van der Waals surface area contributed by atoms with Gasteiger partial charge in [-0.05, 0) is 59.2 Å². The van der Waals surface area contributed by atoms with E-state index in [4.69, 9.17) is 14.2 Å². The van der Waals surface area contributed by atoms with Crippen LogP contribution in [0, 0.1) is 0 Å². The monoisotopic (exact) mass is 552 g/mol. The highest BCUT2D eigenvalue weighted by Crippen LogP contribution is 2.48. The van der Waals surface area contributed by atoms with Crippen LogP contribution in [-0.4, -0.2) is 29.9 Å². The molecule has 0 spiro atoms. The van der Waals surface area contributed by atoms with Crippen LogP contribution in [0.25, 0.3) is 0 Å². The van der Waals surface area contributed by atoms with Crippen molar-refractivity contribution in [3.8, 4) is 0 Å². The largest absolute Gasteiger partial charge is 0.357 e. The molecule has 0 bridgehead atoms. The molecule has 0 N–H and O–H groups in total. The van der Waals surface area contributed by atoms with E-state index in [2.05, 4.69) is 59.0 Å². The van der Waals surface area contributed by atoms with Gasteiger partial charge in [-0.1, -0.05) is 91.0 Å². The van der Waals surface area contributed by atoms with Crippen molar-refractivity contribution in [1.29, 1.82) is 0 Å². The quantitative estimate of drug-likeness (QED) is 0.287. The lowest BCUT2D eigenvalue weighted by atomic mass is 9.80. The van der Waals surface area contributed by atoms with Crippen molar-refractivity contribution in [1.82, 2.24) is 0 Å². The Morgan fingerprint density at radius 3 is 1.76 bits per heavy atom. The maximum absolute atomic E-state index is 13.4. The van der Waals surface area contributed by atoms with E-state index in [0.29, 0.717) is 3.58 Å². The van der Waals surface area contributed by atoms with E-state index in [1.807, 2.05) is 74.5 Å². The summed E-state index contributed by atoms with van der Waals surface area (Å²) in [5, 5.41) is 0. The van der Waals surface area contributed by atoms with Gasteiger partial charge in [-0.15, -0.1) is 0 Å². The smallest absolute Gasteiger partial charge is 0.206 e. The lowest BCUT2D eigenvalue weighted by Gasteiger charge is -2.39. The summed E-state index contributed by atoms with van der Waals surface area (Å²) in [5.41, 5.74) is 0.766. The van der Waals surface area contributed by atoms with E-state index in [1.54, 1.807) is 0 Å². The molecule has 168 valence electrons. The molecule has 0 aromatic heterocycles. The minimum atomic E-state index is -1.22. The molecule has 2 atom stereocenters. The summed E-state index contributed by atoms with van der Waals surface area (Å²) < 4.78 is 19.9. The Balaban J connectivity index is 1.66. The molecule has 2 aliphatic rings. The molecule has 1 aliphatic heterocycles. The molecule has 0 unspecified atom stereocenters. The van der Waals surface area contributed by atoms with Crippen molar-refractivity contribution in [2.45, 2.75) is 36.9 Å². The molecule has 1 heterocycles.